The number of alkyl carbamates (subject to hydrolysis) is 1. The third-order valence-electron chi connectivity index (χ3n) is 5.16. The van der Waals surface area contributed by atoms with Crippen LogP contribution in [-0.4, -0.2) is 34.9 Å². The summed E-state index contributed by atoms with van der Waals surface area (Å²) in [6.07, 6.45) is 3.53. The number of rotatable bonds is 5. The van der Waals surface area contributed by atoms with E-state index in [1.54, 1.807) is 18.2 Å². The average Bonchev–Trinajstić information content (AvgIpc) is 3.14. The van der Waals surface area contributed by atoms with Crippen LogP contribution in [0.15, 0.2) is 42.5 Å². The first-order valence-corrected chi connectivity index (χ1v) is 10.2. The van der Waals surface area contributed by atoms with E-state index < -0.39 is 17.7 Å². The Kier molecular flexibility index (Phi) is 7.57. The molecule has 1 unspecified atom stereocenters. The molecule has 0 saturated heterocycles. The monoisotopic (exact) mass is 434 g/mol. The summed E-state index contributed by atoms with van der Waals surface area (Å²) in [6, 6.07) is 9.33. The second-order valence-corrected chi connectivity index (χ2v) is 7.43. The van der Waals surface area contributed by atoms with Crippen LogP contribution in [0.3, 0.4) is 0 Å². The molecule has 8 heteroatoms. The lowest BCUT2D eigenvalue weighted by Crippen LogP contribution is -2.40. The molecule has 1 aromatic heterocycles. The van der Waals surface area contributed by atoms with Gasteiger partial charge in [-0.25, -0.2) is 18.0 Å². The molecule has 1 amide bonds. The zero-order valence-electron chi connectivity index (χ0n) is 17.1. The highest BCUT2D eigenvalue weighted by Crippen LogP contribution is 2.26. The van der Waals surface area contributed by atoms with Crippen LogP contribution in [0.4, 0.5) is 18.0 Å². The lowest BCUT2D eigenvalue weighted by Gasteiger charge is -2.26. The van der Waals surface area contributed by atoms with Crippen molar-refractivity contribution >= 4 is 17.0 Å². The van der Waals surface area contributed by atoms with Crippen molar-refractivity contribution in [2.45, 2.75) is 44.8 Å². The Balaban J connectivity index is 0.000000187. The quantitative estimate of drug-likeness (QED) is 0.511. The molecule has 1 atom stereocenters. The summed E-state index contributed by atoms with van der Waals surface area (Å²) >= 11 is 0. The molecule has 1 aliphatic rings. The third kappa shape index (κ3) is 6.01. The Hall–Kier alpha value is -3.00. The van der Waals surface area contributed by atoms with E-state index in [9.17, 15) is 18.0 Å². The fourth-order valence-corrected chi connectivity index (χ4v) is 3.07. The minimum atomic E-state index is -0.640. The largest absolute Gasteiger partial charge is 0.446 e. The van der Waals surface area contributed by atoms with E-state index >= 15 is 0 Å². The number of fused-ring (bicyclic) bond motifs is 1. The number of benzene rings is 2. The number of aromatic nitrogens is 1. The van der Waals surface area contributed by atoms with Crippen LogP contribution in [0.25, 0.3) is 22.2 Å². The van der Waals surface area contributed by atoms with Crippen LogP contribution in [-0.2, 0) is 4.74 Å². The normalized spacial score (nSPS) is 14.4. The highest BCUT2D eigenvalue weighted by Gasteiger charge is 2.22. The van der Waals surface area contributed by atoms with E-state index in [1.807, 2.05) is 6.92 Å². The molecule has 166 valence electrons. The van der Waals surface area contributed by atoms with Crippen LogP contribution in [0.2, 0.25) is 0 Å². The zero-order chi connectivity index (χ0) is 22.4. The zero-order valence-corrected chi connectivity index (χ0v) is 17.1. The van der Waals surface area contributed by atoms with Crippen LogP contribution < -0.4 is 5.32 Å². The smallest absolute Gasteiger partial charge is 0.407 e. The highest BCUT2D eigenvalue weighted by atomic mass is 19.1. The lowest BCUT2D eigenvalue weighted by atomic mass is 9.96. The fraction of sp³-hybridized carbons (Fsp3) is 0.348. The molecule has 31 heavy (non-hydrogen) atoms. The number of amides is 1. The van der Waals surface area contributed by atoms with Gasteiger partial charge in [-0.1, -0.05) is 6.92 Å². The summed E-state index contributed by atoms with van der Waals surface area (Å²) in [4.78, 5) is 14.0. The van der Waals surface area contributed by atoms with Gasteiger partial charge in [0.15, 0.2) is 0 Å². The Labute approximate surface area is 178 Å². The fourth-order valence-electron chi connectivity index (χ4n) is 3.07. The summed E-state index contributed by atoms with van der Waals surface area (Å²) in [5.74, 6) is -1.60. The number of carbonyl (C=O) groups is 1. The topological polar surface area (TPSA) is 74.3 Å². The number of hydrogen-bond acceptors (Lipinski definition) is 3. The van der Waals surface area contributed by atoms with Gasteiger partial charge in [-0.3, -0.25) is 0 Å². The Morgan fingerprint density at radius 1 is 1.16 bits per heavy atom. The second-order valence-electron chi connectivity index (χ2n) is 7.43. The van der Waals surface area contributed by atoms with Gasteiger partial charge >= 0.3 is 6.09 Å². The number of halogens is 3. The van der Waals surface area contributed by atoms with Gasteiger partial charge in [-0.2, -0.15) is 0 Å². The maximum atomic E-state index is 13.5. The number of aromatic amines is 1. The Morgan fingerprint density at radius 3 is 2.45 bits per heavy atom. The predicted octanol–water partition coefficient (Wildman–Crippen LogP) is 5.29. The van der Waals surface area contributed by atoms with Gasteiger partial charge in [0.1, 0.15) is 23.6 Å². The van der Waals surface area contributed by atoms with Gasteiger partial charge in [-0.15, -0.1) is 0 Å². The molecule has 0 aliphatic heterocycles. The SMILES string of the molecule is CCC(CO)NC(=O)OC1CCC1.Fc1ccc(-c2cc3cc(F)cc(F)c3[nH]2)cc1. The van der Waals surface area contributed by atoms with Crippen LogP contribution in [0, 0.1) is 17.5 Å². The van der Waals surface area contributed by atoms with Crippen molar-refractivity contribution in [3.8, 4) is 11.3 Å². The first kappa shape index (κ1) is 22.7. The molecule has 1 aliphatic carbocycles. The molecule has 3 N–H and O–H groups in total. The van der Waals surface area contributed by atoms with Crippen LogP contribution >= 0.6 is 0 Å². The molecule has 5 nitrogen and oxygen atoms in total. The second kappa shape index (κ2) is 10.3. The molecule has 0 spiro atoms. The average molecular weight is 434 g/mol. The summed E-state index contributed by atoms with van der Waals surface area (Å²) in [5.41, 5.74) is 1.58. The number of aliphatic hydroxyl groups is 1. The molecule has 2 aromatic carbocycles. The van der Waals surface area contributed by atoms with Gasteiger partial charge in [0.05, 0.1) is 18.2 Å². The van der Waals surface area contributed by atoms with Crippen molar-refractivity contribution in [2.24, 2.45) is 0 Å². The van der Waals surface area contributed by atoms with Gasteiger partial charge in [-0.05, 0) is 67.6 Å². The number of hydrogen-bond donors (Lipinski definition) is 3. The molecule has 3 aromatic rings. The first-order chi connectivity index (χ1) is 14.9. The third-order valence-corrected chi connectivity index (χ3v) is 5.16. The summed E-state index contributed by atoms with van der Waals surface area (Å²) in [7, 11) is 0. The van der Waals surface area contributed by atoms with Crippen molar-refractivity contribution < 1.29 is 27.8 Å². The van der Waals surface area contributed by atoms with Crippen LogP contribution in [0.5, 0.6) is 0 Å². The van der Waals surface area contributed by atoms with Crippen molar-refractivity contribution in [3.63, 3.8) is 0 Å². The number of ether oxygens (including phenoxy) is 1. The van der Waals surface area contributed by atoms with E-state index in [0.29, 0.717) is 16.6 Å². The molecule has 0 radical (unpaired) electrons. The van der Waals surface area contributed by atoms with Gasteiger partial charge in [0.25, 0.3) is 0 Å². The minimum Gasteiger partial charge on any atom is -0.446 e. The molecule has 0 bridgehead atoms. The van der Waals surface area contributed by atoms with Crippen molar-refractivity contribution in [1.29, 1.82) is 0 Å². The minimum absolute atomic E-state index is 0.0315. The number of H-pyrrole nitrogens is 1. The van der Waals surface area contributed by atoms with E-state index in [-0.39, 0.29) is 30.1 Å². The van der Waals surface area contributed by atoms with Crippen molar-refractivity contribution in [2.75, 3.05) is 6.61 Å². The summed E-state index contributed by atoms with van der Waals surface area (Å²) in [6.45, 7) is 1.88. The molecular formula is C23H25F3N2O3. The van der Waals surface area contributed by atoms with Crippen molar-refractivity contribution in [3.05, 3.63) is 59.9 Å². The first-order valence-electron chi connectivity index (χ1n) is 10.2. The predicted molar refractivity (Wildman–Crippen MR) is 112 cm³/mol. The highest BCUT2D eigenvalue weighted by molar-refractivity contribution is 5.86. The molecule has 1 fully saturated rings. The van der Waals surface area contributed by atoms with E-state index in [0.717, 1.165) is 31.7 Å². The number of carbonyl (C=O) groups excluding carboxylic acids is 1. The Morgan fingerprint density at radius 2 is 1.87 bits per heavy atom. The Bertz CT molecular complexity index is 1010. The molecule has 1 heterocycles. The molecular weight excluding hydrogens is 409 g/mol. The number of nitrogens with one attached hydrogen (secondary N) is 2. The van der Waals surface area contributed by atoms with Gasteiger partial charge in [0, 0.05) is 17.1 Å². The van der Waals surface area contributed by atoms with Crippen LogP contribution in [0.1, 0.15) is 32.6 Å². The van der Waals surface area contributed by atoms with E-state index in [2.05, 4.69) is 10.3 Å². The van der Waals surface area contributed by atoms with Crippen molar-refractivity contribution in [1.82, 2.24) is 10.3 Å². The molecule has 1 saturated carbocycles. The lowest BCUT2D eigenvalue weighted by molar-refractivity contribution is 0.0483. The molecule has 4 rings (SSSR count). The standard InChI is InChI=1S/C14H8F3N.C9H17NO3/c15-10-3-1-8(2-4-10)13-6-9-5-11(16)7-12(17)14(9)18-13;1-2-7(6-11)10-9(12)13-8-4-3-5-8/h1-7,18H;7-8,11H,2-6H2,1H3,(H,10,12). The van der Waals surface area contributed by atoms with Gasteiger partial charge in [0.2, 0.25) is 0 Å². The maximum absolute atomic E-state index is 13.5. The maximum Gasteiger partial charge on any atom is 0.407 e. The van der Waals surface area contributed by atoms with E-state index in [1.165, 1.54) is 18.2 Å². The van der Waals surface area contributed by atoms with E-state index in [4.69, 9.17) is 9.84 Å². The van der Waals surface area contributed by atoms with Gasteiger partial charge < -0.3 is 20.1 Å². The number of aliphatic hydroxyl groups excluding tert-OH is 1. The summed E-state index contributed by atoms with van der Waals surface area (Å²) in [5, 5.41) is 11.9. The summed E-state index contributed by atoms with van der Waals surface area (Å²) < 4.78 is 44.4.